The summed E-state index contributed by atoms with van der Waals surface area (Å²) >= 11 is 0. The Morgan fingerprint density at radius 3 is 1.69 bits per heavy atom. The average molecular weight is 437 g/mol. The number of amides is 2. The van der Waals surface area contributed by atoms with Gasteiger partial charge in [0.1, 0.15) is 11.5 Å². The Labute approximate surface area is 190 Å². The summed E-state index contributed by atoms with van der Waals surface area (Å²) in [4.78, 5) is 26.3. The Kier molecular flexibility index (Phi) is 4.12. The predicted molar refractivity (Wildman–Crippen MR) is 120 cm³/mol. The van der Waals surface area contributed by atoms with Crippen LogP contribution in [0.5, 0.6) is 0 Å². The van der Waals surface area contributed by atoms with Crippen molar-refractivity contribution in [1.29, 1.82) is 0 Å². The Balaban J connectivity index is 1.01. The van der Waals surface area contributed by atoms with E-state index in [0.29, 0.717) is 11.5 Å². The summed E-state index contributed by atoms with van der Waals surface area (Å²) < 4.78 is 0. The first-order chi connectivity index (χ1) is 15.5. The number of nitrogens with one attached hydrogen (secondary N) is 4. The fourth-order valence-corrected chi connectivity index (χ4v) is 9.81. The largest absolute Gasteiger partial charge is 0.345 e. The van der Waals surface area contributed by atoms with Crippen LogP contribution in [-0.4, -0.2) is 17.4 Å². The first-order valence-electron chi connectivity index (χ1n) is 13.0. The minimum Gasteiger partial charge on any atom is -0.345 e. The normalized spacial score (nSPS) is 47.2. The predicted octanol–water partition coefficient (Wildman–Crippen LogP) is 3.24. The molecule has 32 heavy (non-hydrogen) atoms. The van der Waals surface area contributed by atoms with Gasteiger partial charge >= 0.3 is 0 Å². The molecule has 0 spiro atoms. The maximum absolute atomic E-state index is 13.3. The summed E-state index contributed by atoms with van der Waals surface area (Å²) in [6.07, 6.45) is 18.4. The van der Waals surface area contributed by atoms with Gasteiger partial charge in [-0.25, -0.2) is 0 Å². The Morgan fingerprint density at radius 2 is 1.22 bits per heavy atom. The molecule has 1 aliphatic heterocycles. The minimum atomic E-state index is -0.170. The average Bonchev–Trinajstić information content (AvgIpc) is 2.72. The van der Waals surface area contributed by atoms with Crippen molar-refractivity contribution >= 4 is 11.8 Å². The quantitative estimate of drug-likeness (QED) is 0.545. The molecule has 6 nitrogen and oxygen atoms in total. The van der Waals surface area contributed by atoms with Crippen molar-refractivity contribution in [1.82, 2.24) is 21.5 Å². The van der Waals surface area contributed by atoms with E-state index in [9.17, 15) is 9.59 Å². The molecule has 8 saturated carbocycles. The molecule has 8 aliphatic carbocycles. The Bertz CT molecular complexity index is 848. The van der Waals surface area contributed by atoms with Crippen LogP contribution in [-0.2, 0) is 9.59 Å². The maximum atomic E-state index is 13.3. The van der Waals surface area contributed by atoms with Crippen LogP contribution >= 0.6 is 0 Å². The fraction of sp³-hybridized carbons (Fsp3) is 0.769. The molecule has 6 heteroatoms. The SMILES string of the molecule is O=C(NC12CC3CC(CC(C3)C1)C2)C1=CC=C(NC(=O)C23CC4CC(CC(C4)C2)C3)NN1. The van der Waals surface area contributed by atoms with Gasteiger partial charge in [-0.3, -0.25) is 20.4 Å². The highest BCUT2D eigenvalue weighted by Gasteiger charge is 2.55. The molecule has 8 bridgehead atoms. The summed E-state index contributed by atoms with van der Waals surface area (Å²) in [5.41, 5.74) is 6.49. The van der Waals surface area contributed by atoms with Crippen molar-refractivity contribution in [3.8, 4) is 0 Å². The lowest BCUT2D eigenvalue weighted by Gasteiger charge is -2.57. The Hall–Kier alpha value is -1.98. The van der Waals surface area contributed by atoms with Crippen molar-refractivity contribution in [3.63, 3.8) is 0 Å². The molecule has 4 N–H and O–H groups in total. The van der Waals surface area contributed by atoms with E-state index in [4.69, 9.17) is 0 Å². The third-order valence-electron chi connectivity index (χ3n) is 10.2. The zero-order valence-electron chi connectivity index (χ0n) is 18.9. The first kappa shape index (κ1) is 19.5. The van der Waals surface area contributed by atoms with Gasteiger partial charge in [0.15, 0.2) is 0 Å². The van der Waals surface area contributed by atoms with E-state index in [1.165, 1.54) is 38.5 Å². The summed E-state index contributed by atoms with van der Waals surface area (Å²) in [6, 6.07) is 0. The van der Waals surface area contributed by atoms with Gasteiger partial charge in [-0.1, -0.05) is 0 Å². The van der Waals surface area contributed by atoms with Gasteiger partial charge in [-0.2, -0.15) is 0 Å². The first-order valence-corrected chi connectivity index (χ1v) is 13.0. The van der Waals surface area contributed by atoms with E-state index in [1.807, 2.05) is 12.2 Å². The van der Waals surface area contributed by atoms with E-state index in [-0.39, 0.29) is 22.8 Å². The molecular formula is C26H36N4O2. The molecule has 0 radical (unpaired) electrons. The van der Waals surface area contributed by atoms with E-state index in [0.717, 1.165) is 74.0 Å². The molecule has 2 amide bonds. The molecule has 0 aromatic rings. The molecule has 9 rings (SSSR count). The van der Waals surface area contributed by atoms with E-state index >= 15 is 0 Å². The second-order valence-electron chi connectivity index (χ2n) is 12.7. The number of hydrogen-bond donors (Lipinski definition) is 4. The van der Waals surface area contributed by atoms with Gasteiger partial charge in [-0.05, 0) is 125 Å². The number of carbonyl (C=O) groups excluding carboxylic acids is 2. The molecule has 9 aliphatic rings. The third-order valence-corrected chi connectivity index (χ3v) is 10.2. The topological polar surface area (TPSA) is 82.3 Å². The summed E-state index contributed by atoms with van der Waals surface area (Å²) in [5, 5.41) is 6.55. The highest BCUT2D eigenvalue weighted by molar-refractivity contribution is 5.94. The van der Waals surface area contributed by atoms with Crippen LogP contribution in [0, 0.1) is 40.9 Å². The summed E-state index contributed by atoms with van der Waals surface area (Å²) in [7, 11) is 0. The van der Waals surface area contributed by atoms with Gasteiger partial charge in [0.25, 0.3) is 5.91 Å². The molecule has 0 saturated heterocycles. The molecule has 8 fully saturated rings. The van der Waals surface area contributed by atoms with Crippen molar-refractivity contribution in [2.24, 2.45) is 40.9 Å². The smallest absolute Gasteiger partial charge is 0.269 e. The molecule has 0 aromatic carbocycles. The van der Waals surface area contributed by atoms with Crippen LogP contribution in [0.25, 0.3) is 0 Å². The van der Waals surface area contributed by atoms with Gasteiger partial charge in [0.2, 0.25) is 5.91 Å². The molecule has 0 aromatic heterocycles. The maximum Gasteiger partial charge on any atom is 0.269 e. The Morgan fingerprint density at radius 1 is 0.719 bits per heavy atom. The summed E-state index contributed by atoms with van der Waals surface area (Å²) in [5.74, 6) is 5.46. The van der Waals surface area contributed by atoms with E-state index < -0.39 is 0 Å². The second kappa shape index (κ2) is 6.77. The third kappa shape index (κ3) is 3.12. The lowest BCUT2D eigenvalue weighted by molar-refractivity contribution is -0.145. The number of carbonyl (C=O) groups is 2. The van der Waals surface area contributed by atoms with Gasteiger partial charge < -0.3 is 10.6 Å². The van der Waals surface area contributed by atoms with Gasteiger partial charge in [-0.15, -0.1) is 0 Å². The zero-order valence-corrected chi connectivity index (χ0v) is 18.9. The van der Waals surface area contributed by atoms with Crippen LogP contribution in [0.1, 0.15) is 77.0 Å². The van der Waals surface area contributed by atoms with Crippen molar-refractivity contribution in [2.45, 2.75) is 82.6 Å². The monoisotopic (exact) mass is 436 g/mol. The number of rotatable bonds is 4. The standard InChI is InChI=1S/C26H36N4O2/c31-23(28-26-12-18-6-19(13-26)8-20(7-18)14-26)21-1-2-22(30-29-21)27-24(32)25-9-15-3-16(10-25)5-17(4-15)11-25/h1-2,15-20,29-30H,3-14H2,(H,27,32)(H,28,31). The van der Waals surface area contributed by atoms with E-state index in [2.05, 4.69) is 21.5 Å². The number of allylic oxidation sites excluding steroid dienone is 2. The van der Waals surface area contributed by atoms with Crippen molar-refractivity contribution < 1.29 is 9.59 Å². The summed E-state index contributed by atoms with van der Waals surface area (Å²) in [6.45, 7) is 0. The van der Waals surface area contributed by atoms with Crippen molar-refractivity contribution in [2.75, 3.05) is 0 Å². The minimum absolute atomic E-state index is 0.00503. The highest BCUT2D eigenvalue weighted by Crippen LogP contribution is 2.60. The highest BCUT2D eigenvalue weighted by atomic mass is 16.2. The number of hydrogen-bond acceptors (Lipinski definition) is 4. The zero-order chi connectivity index (χ0) is 21.5. The molecule has 0 atom stereocenters. The molecule has 0 unspecified atom stereocenters. The van der Waals surface area contributed by atoms with Crippen LogP contribution in [0.4, 0.5) is 0 Å². The van der Waals surface area contributed by atoms with Crippen LogP contribution in [0.15, 0.2) is 23.7 Å². The molecule has 172 valence electrons. The van der Waals surface area contributed by atoms with Crippen LogP contribution in [0.2, 0.25) is 0 Å². The van der Waals surface area contributed by atoms with Crippen molar-refractivity contribution in [3.05, 3.63) is 23.7 Å². The van der Waals surface area contributed by atoms with Crippen LogP contribution < -0.4 is 21.5 Å². The lowest BCUT2D eigenvalue weighted by atomic mass is 9.49. The van der Waals surface area contributed by atoms with Gasteiger partial charge in [0, 0.05) is 5.54 Å². The van der Waals surface area contributed by atoms with E-state index in [1.54, 1.807) is 0 Å². The second-order valence-corrected chi connectivity index (χ2v) is 12.7. The lowest BCUT2D eigenvalue weighted by Crippen LogP contribution is -2.61. The van der Waals surface area contributed by atoms with Crippen LogP contribution in [0.3, 0.4) is 0 Å². The fourth-order valence-electron chi connectivity index (χ4n) is 9.81. The van der Waals surface area contributed by atoms with Gasteiger partial charge in [0.05, 0.1) is 5.41 Å². The molecule has 1 heterocycles. The molecular weight excluding hydrogens is 400 g/mol. The number of hydrazine groups is 1.